The molecule has 0 radical (unpaired) electrons. The summed E-state index contributed by atoms with van der Waals surface area (Å²) in [6.45, 7) is 9.63. The van der Waals surface area contributed by atoms with Crippen LogP contribution in [0.15, 0.2) is 23.3 Å². The first kappa shape index (κ1) is 24.1. The van der Waals surface area contributed by atoms with Crippen LogP contribution in [0.4, 0.5) is 0 Å². The van der Waals surface area contributed by atoms with Crippen LogP contribution in [0.3, 0.4) is 0 Å². The molecule has 0 fully saturated rings. The first-order valence-corrected chi connectivity index (χ1v) is 11.6. The van der Waals surface area contributed by atoms with Gasteiger partial charge in [0, 0.05) is 5.92 Å². The molecule has 2 rings (SSSR count). The van der Waals surface area contributed by atoms with E-state index < -0.39 is 0 Å². The number of ether oxygens (including phenoxy) is 2. The Morgan fingerprint density at radius 1 is 1.07 bits per heavy atom. The molecular weight excluding hydrogens is 396 g/mol. The number of aromatic amines is 1. The van der Waals surface area contributed by atoms with Gasteiger partial charge in [-0.1, -0.05) is 59.3 Å². The Kier molecular flexibility index (Phi) is 10.6. The second-order valence-electron chi connectivity index (χ2n) is 7.71. The van der Waals surface area contributed by atoms with Crippen molar-refractivity contribution >= 4 is 18.4 Å². The predicted octanol–water partition coefficient (Wildman–Crippen LogP) is 6.47. The number of benzene rings is 1. The van der Waals surface area contributed by atoms with Gasteiger partial charge >= 0.3 is 0 Å². The highest BCUT2D eigenvalue weighted by Crippen LogP contribution is 2.28. The standard InChI is InChI=1S/C23H36N4O2S/c1-5-7-8-9-10-11-12-15-29-20-14-13-19(16-21(20)28-6-2)17-24-27-22(18(3)4)25-26-23(27)30/h13-14,16-18H,5-12,15H2,1-4H3,(H,26,30)/b24-17-. The van der Waals surface area contributed by atoms with Crippen LogP contribution in [0.25, 0.3) is 0 Å². The maximum absolute atomic E-state index is 5.99. The summed E-state index contributed by atoms with van der Waals surface area (Å²) < 4.78 is 13.9. The number of H-pyrrole nitrogens is 1. The Hall–Kier alpha value is -2.15. The third kappa shape index (κ3) is 7.59. The van der Waals surface area contributed by atoms with Gasteiger partial charge in [-0.3, -0.25) is 5.10 Å². The minimum Gasteiger partial charge on any atom is -0.490 e. The number of aromatic nitrogens is 3. The Labute approximate surface area is 185 Å². The summed E-state index contributed by atoms with van der Waals surface area (Å²) in [5, 5.41) is 11.5. The van der Waals surface area contributed by atoms with Crippen molar-refractivity contribution in [2.24, 2.45) is 5.10 Å². The summed E-state index contributed by atoms with van der Waals surface area (Å²) in [6, 6.07) is 5.88. The molecule has 0 saturated carbocycles. The van der Waals surface area contributed by atoms with E-state index in [0.29, 0.717) is 18.0 Å². The van der Waals surface area contributed by atoms with Crippen LogP contribution in [0.1, 0.15) is 89.9 Å². The van der Waals surface area contributed by atoms with Crippen molar-refractivity contribution in [1.82, 2.24) is 14.9 Å². The lowest BCUT2D eigenvalue weighted by Crippen LogP contribution is -2.03. The minimum atomic E-state index is 0.219. The monoisotopic (exact) mass is 432 g/mol. The smallest absolute Gasteiger partial charge is 0.216 e. The van der Waals surface area contributed by atoms with Crippen LogP contribution in [0.5, 0.6) is 11.5 Å². The average Bonchev–Trinajstić information content (AvgIpc) is 3.10. The summed E-state index contributed by atoms with van der Waals surface area (Å²) in [4.78, 5) is 0. The first-order chi connectivity index (χ1) is 14.6. The maximum Gasteiger partial charge on any atom is 0.216 e. The lowest BCUT2D eigenvalue weighted by atomic mass is 10.1. The molecule has 0 atom stereocenters. The van der Waals surface area contributed by atoms with E-state index in [0.717, 1.165) is 29.3 Å². The zero-order chi connectivity index (χ0) is 21.8. The second kappa shape index (κ2) is 13.2. The fourth-order valence-corrected chi connectivity index (χ4v) is 3.33. The molecule has 0 bridgehead atoms. The predicted molar refractivity (Wildman–Crippen MR) is 126 cm³/mol. The van der Waals surface area contributed by atoms with Gasteiger partial charge in [0.15, 0.2) is 17.3 Å². The molecule has 30 heavy (non-hydrogen) atoms. The van der Waals surface area contributed by atoms with Crippen LogP contribution >= 0.6 is 12.2 Å². The van der Waals surface area contributed by atoms with E-state index in [4.69, 9.17) is 21.7 Å². The molecule has 0 saturated heterocycles. The van der Waals surface area contributed by atoms with Gasteiger partial charge in [0.05, 0.1) is 19.4 Å². The van der Waals surface area contributed by atoms with Gasteiger partial charge in [-0.15, -0.1) is 0 Å². The van der Waals surface area contributed by atoms with Gasteiger partial charge < -0.3 is 9.47 Å². The first-order valence-electron chi connectivity index (χ1n) is 11.2. The number of hydrogen-bond donors (Lipinski definition) is 1. The molecule has 0 aliphatic rings. The van der Waals surface area contributed by atoms with Gasteiger partial charge in [-0.05, 0) is 49.3 Å². The van der Waals surface area contributed by atoms with Crippen LogP contribution in [0.2, 0.25) is 0 Å². The molecule has 0 unspecified atom stereocenters. The molecular formula is C23H36N4O2S. The number of hydrogen-bond acceptors (Lipinski definition) is 5. The Bertz CT molecular complexity index is 842. The van der Waals surface area contributed by atoms with Crippen LogP contribution in [-0.4, -0.2) is 34.3 Å². The molecule has 0 amide bonds. The maximum atomic E-state index is 5.99. The van der Waals surface area contributed by atoms with Crippen molar-refractivity contribution in [2.75, 3.05) is 13.2 Å². The van der Waals surface area contributed by atoms with Crippen molar-refractivity contribution < 1.29 is 9.47 Å². The molecule has 1 N–H and O–H groups in total. The van der Waals surface area contributed by atoms with E-state index in [-0.39, 0.29) is 5.92 Å². The van der Waals surface area contributed by atoms with Crippen molar-refractivity contribution in [1.29, 1.82) is 0 Å². The lowest BCUT2D eigenvalue weighted by molar-refractivity contribution is 0.270. The normalized spacial score (nSPS) is 11.5. The van der Waals surface area contributed by atoms with E-state index in [2.05, 4.69) is 36.1 Å². The van der Waals surface area contributed by atoms with Crippen molar-refractivity contribution in [3.05, 3.63) is 34.4 Å². The Morgan fingerprint density at radius 3 is 2.50 bits per heavy atom. The summed E-state index contributed by atoms with van der Waals surface area (Å²) >= 11 is 5.28. The molecule has 0 aliphatic heterocycles. The van der Waals surface area contributed by atoms with Crippen LogP contribution < -0.4 is 9.47 Å². The molecule has 166 valence electrons. The van der Waals surface area contributed by atoms with Gasteiger partial charge in [-0.25, -0.2) is 0 Å². The third-order valence-electron chi connectivity index (χ3n) is 4.79. The molecule has 0 spiro atoms. The topological polar surface area (TPSA) is 64.4 Å². The fraction of sp³-hybridized carbons (Fsp3) is 0.609. The highest BCUT2D eigenvalue weighted by atomic mass is 32.1. The van der Waals surface area contributed by atoms with Gasteiger partial charge in [0.1, 0.15) is 0 Å². The summed E-state index contributed by atoms with van der Waals surface area (Å²) in [6.07, 6.45) is 10.6. The van der Waals surface area contributed by atoms with Crippen LogP contribution in [0, 0.1) is 4.77 Å². The highest BCUT2D eigenvalue weighted by molar-refractivity contribution is 7.71. The summed E-state index contributed by atoms with van der Waals surface area (Å²) in [5.41, 5.74) is 0.916. The van der Waals surface area contributed by atoms with Crippen molar-refractivity contribution in [3.8, 4) is 11.5 Å². The fourth-order valence-electron chi connectivity index (χ4n) is 3.15. The number of unbranched alkanes of at least 4 members (excludes halogenated alkanes) is 6. The molecule has 6 nitrogen and oxygen atoms in total. The molecule has 7 heteroatoms. The van der Waals surface area contributed by atoms with Crippen molar-refractivity contribution in [3.63, 3.8) is 0 Å². The SMILES string of the molecule is CCCCCCCCCOc1ccc(/C=N\n2c(C(C)C)n[nH]c2=S)cc1OCC. The van der Waals surface area contributed by atoms with E-state index >= 15 is 0 Å². The van der Waals surface area contributed by atoms with Gasteiger partial charge in [0.2, 0.25) is 4.77 Å². The van der Waals surface area contributed by atoms with E-state index in [1.54, 1.807) is 10.9 Å². The highest BCUT2D eigenvalue weighted by Gasteiger charge is 2.10. The van der Waals surface area contributed by atoms with Gasteiger partial charge in [0.25, 0.3) is 0 Å². The Morgan fingerprint density at radius 2 is 1.80 bits per heavy atom. The summed E-state index contributed by atoms with van der Waals surface area (Å²) in [5.74, 6) is 2.54. The van der Waals surface area contributed by atoms with E-state index in [1.165, 1.54) is 38.5 Å². The molecule has 1 aromatic carbocycles. The number of rotatable bonds is 14. The largest absolute Gasteiger partial charge is 0.490 e. The average molecular weight is 433 g/mol. The zero-order valence-corrected chi connectivity index (χ0v) is 19.6. The molecule has 2 aromatic rings. The number of nitrogens with zero attached hydrogens (tertiary/aromatic N) is 3. The van der Waals surface area contributed by atoms with Gasteiger partial charge in [-0.2, -0.15) is 14.9 Å². The molecule has 1 heterocycles. The zero-order valence-electron chi connectivity index (χ0n) is 18.8. The van der Waals surface area contributed by atoms with Crippen LogP contribution in [-0.2, 0) is 0 Å². The Balaban J connectivity index is 1.96. The van der Waals surface area contributed by atoms with E-state index in [1.807, 2.05) is 25.1 Å². The quantitative estimate of drug-likeness (QED) is 0.211. The molecule has 0 aliphatic carbocycles. The number of nitrogens with one attached hydrogen (secondary N) is 1. The molecule has 1 aromatic heterocycles. The lowest BCUT2D eigenvalue weighted by Gasteiger charge is -2.12. The van der Waals surface area contributed by atoms with E-state index in [9.17, 15) is 0 Å². The third-order valence-corrected chi connectivity index (χ3v) is 5.05. The summed E-state index contributed by atoms with van der Waals surface area (Å²) in [7, 11) is 0. The minimum absolute atomic E-state index is 0.219. The second-order valence-corrected chi connectivity index (χ2v) is 8.09. The van der Waals surface area contributed by atoms with Crippen molar-refractivity contribution in [2.45, 2.75) is 78.6 Å².